The summed E-state index contributed by atoms with van der Waals surface area (Å²) in [5.41, 5.74) is 3.72. The van der Waals surface area contributed by atoms with Gasteiger partial charge in [-0.2, -0.15) is 0 Å². The zero-order chi connectivity index (χ0) is 16.5. The maximum atomic E-state index is 12.5. The number of methoxy groups -OCH3 is 1. The van der Waals surface area contributed by atoms with E-state index in [1.807, 2.05) is 36.4 Å². The molecule has 0 radical (unpaired) electrons. The highest BCUT2D eigenvalue weighted by Gasteiger charge is 2.26. The van der Waals surface area contributed by atoms with Gasteiger partial charge in [0.2, 0.25) is 5.91 Å². The summed E-state index contributed by atoms with van der Waals surface area (Å²) in [5.74, 6) is 0.849. The van der Waals surface area contributed by atoms with Gasteiger partial charge in [-0.1, -0.05) is 29.4 Å². The molecule has 1 unspecified atom stereocenters. The lowest BCUT2D eigenvalue weighted by Crippen LogP contribution is -2.28. The Balaban J connectivity index is 1.50. The minimum atomic E-state index is -0.0466. The number of aromatic nitrogens is 1. The summed E-state index contributed by atoms with van der Waals surface area (Å²) in [7, 11) is 1.68. The molecule has 0 saturated carbocycles. The molecule has 1 amide bonds. The molecule has 1 atom stereocenters. The van der Waals surface area contributed by atoms with Crippen LogP contribution in [0.1, 0.15) is 29.3 Å². The molecule has 0 aliphatic heterocycles. The highest BCUT2D eigenvalue weighted by Crippen LogP contribution is 2.36. The Labute approximate surface area is 139 Å². The van der Waals surface area contributed by atoms with Crippen molar-refractivity contribution in [2.75, 3.05) is 7.11 Å². The van der Waals surface area contributed by atoms with Gasteiger partial charge in [-0.05, 0) is 42.2 Å². The topological polar surface area (TPSA) is 64.4 Å². The summed E-state index contributed by atoms with van der Waals surface area (Å²) in [6.45, 7) is 0. The third-order valence-corrected chi connectivity index (χ3v) is 4.56. The average molecular weight is 322 g/mol. The van der Waals surface area contributed by atoms with Crippen LogP contribution in [0.25, 0.3) is 11.0 Å². The quantitative estimate of drug-likeness (QED) is 0.801. The largest absolute Gasteiger partial charge is 0.496 e. The first-order valence-corrected chi connectivity index (χ1v) is 8.04. The smallest absolute Gasteiger partial charge is 0.226 e. The third-order valence-electron chi connectivity index (χ3n) is 4.56. The molecule has 2 aromatic carbocycles. The monoisotopic (exact) mass is 322 g/mol. The molecule has 5 nitrogen and oxygen atoms in total. The van der Waals surface area contributed by atoms with E-state index in [-0.39, 0.29) is 18.4 Å². The zero-order valence-corrected chi connectivity index (χ0v) is 13.4. The second kappa shape index (κ2) is 6.00. The van der Waals surface area contributed by atoms with Crippen molar-refractivity contribution in [3.8, 4) is 5.75 Å². The second-order valence-corrected chi connectivity index (χ2v) is 5.99. The van der Waals surface area contributed by atoms with Crippen LogP contribution in [0.5, 0.6) is 5.75 Å². The van der Waals surface area contributed by atoms with Crippen LogP contribution in [0.4, 0.5) is 0 Å². The van der Waals surface area contributed by atoms with Crippen molar-refractivity contribution < 1.29 is 14.1 Å². The SMILES string of the molecule is COc1cccc2c1CCC2NC(=O)Cc1noc2ccccc12. The molecular formula is C19H18N2O3. The molecule has 4 rings (SSSR count). The fraction of sp³-hybridized carbons (Fsp3) is 0.263. The molecule has 1 N–H and O–H groups in total. The highest BCUT2D eigenvalue weighted by molar-refractivity contribution is 5.86. The summed E-state index contributed by atoms with van der Waals surface area (Å²) < 4.78 is 10.7. The van der Waals surface area contributed by atoms with Gasteiger partial charge in [0.1, 0.15) is 11.4 Å². The molecule has 0 spiro atoms. The van der Waals surface area contributed by atoms with Crippen molar-refractivity contribution in [2.24, 2.45) is 0 Å². The number of carbonyl (C=O) groups excluding carboxylic acids is 1. The van der Waals surface area contributed by atoms with Gasteiger partial charge in [-0.25, -0.2) is 0 Å². The molecule has 5 heteroatoms. The lowest BCUT2D eigenvalue weighted by atomic mass is 10.1. The van der Waals surface area contributed by atoms with Crippen molar-refractivity contribution in [1.82, 2.24) is 10.5 Å². The van der Waals surface area contributed by atoms with Crippen LogP contribution in [0.3, 0.4) is 0 Å². The molecule has 0 saturated heterocycles. The fourth-order valence-corrected chi connectivity index (χ4v) is 3.43. The van der Waals surface area contributed by atoms with Crippen LogP contribution in [0.2, 0.25) is 0 Å². The molecular weight excluding hydrogens is 304 g/mol. The van der Waals surface area contributed by atoms with E-state index in [9.17, 15) is 4.79 Å². The lowest BCUT2D eigenvalue weighted by molar-refractivity contribution is -0.121. The normalized spacial score (nSPS) is 16.1. The predicted octanol–water partition coefficient (Wildman–Crippen LogP) is 3.18. The van der Waals surface area contributed by atoms with E-state index in [2.05, 4.69) is 16.5 Å². The molecule has 0 fully saturated rings. The van der Waals surface area contributed by atoms with Crippen LogP contribution in [-0.4, -0.2) is 18.2 Å². The summed E-state index contributed by atoms with van der Waals surface area (Å²) in [4.78, 5) is 12.5. The molecule has 1 aliphatic rings. The van der Waals surface area contributed by atoms with E-state index in [1.54, 1.807) is 7.11 Å². The van der Waals surface area contributed by atoms with E-state index in [4.69, 9.17) is 9.26 Å². The second-order valence-electron chi connectivity index (χ2n) is 5.99. The maximum absolute atomic E-state index is 12.5. The van der Waals surface area contributed by atoms with Gasteiger partial charge in [0.15, 0.2) is 5.58 Å². The maximum Gasteiger partial charge on any atom is 0.226 e. The van der Waals surface area contributed by atoms with E-state index in [0.29, 0.717) is 11.3 Å². The number of nitrogens with one attached hydrogen (secondary N) is 1. The average Bonchev–Trinajstić information content (AvgIpc) is 3.20. The van der Waals surface area contributed by atoms with Crippen LogP contribution in [-0.2, 0) is 17.6 Å². The first kappa shape index (κ1) is 14.8. The zero-order valence-electron chi connectivity index (χ0n) is 13.4. The number of fused-ring (bicyclic) bond motifs is 2. The molecule has 1 aliphatic carbocycles. The Hall–Kier alpha value is -2.82. The third kappa shape index (κ3) is 2.52. The molecule has 0 bridgehead atoms. The van der Waals surface area contributed by atoms with Crippen LogP contribution < -0.4 is 10.1 Å². The van der Waals surface area contributed by atoms with Crippen molar-refractivity contribution in [3.05, 3.63) is 59.3 Å². The van der Waals surface area contributed by atoms with E-state index in [1.165, 1.54) is 5.56 Å². The number of carbonyl (C=O) groups is 1. The molecule has 3 aromatic rings. The standard InChI is InChI=1S/C19H18N2O3/c1-23-17-8-4-6-12-13(17)9-10-15(12)20-19(22)11-16-14-5-2-3-7-18(14)24-21-16/h2-8,15H,9-11H2,1H3,(H,20,22). The predicted molar refractivity (Wildman–Crippen MR) is 89.9 cm³/mol. The Morgan fingerprint density at radius 2 is 2.17 bits per heavy atom. The molecule has 122 valence electrons. The van der Waals surface area contributed by atoms with Crippen molar-refractivity contribution in [2.45, 2.75) is 25.3 Å². The molecule has 1 aromatic heterocycles. The summed E-state index contributed by atoms with van der Waals surface area (Å²) in [5, 5.41) is 8.03. The van der Waals surface area contributed by atoms with Crippen LogP contribution >= 0.6 is 0 Å². The van der Waals surface area contributed by atoms with Gasteiger partial charge in [0.05, 0.1) is 19.6 Å². The van der Waals surface area contributed by atoms with E-state index < -0.39 is 0 Å². The fourth-order valence-electron chi connectivity index (χ4n) is 3.43. The van der Waals surface area contributed by atoms with Gasteiger partial charge in [0, 0.05) is 5.39 Å². The van der Waals surface area contributed by atoms with E-state index in [0.717, 1.165) is 29.5 Å². The number of amides is 1. The van der Waals surface area contributed by atoms with E-state index >= 15 is 0 Å². The van der Waals surface area contributed by atoms with Gasteiger partial charge in [-0.15, -0.1) is 0 Å². The minimum absolute atomic E-state index is 0.0285. The van der Waals surface area contributed by atoms with Crippen molar-refractivity contribution in [1.29, 1.82) is 0 Å². The van der Waals surface area contributed by atoms with Gasteiger partial charge >= 0.3 is 0 Å². The number of para-hydroxylation sites is 1. The Kier molecular flexibility index (Phi) is 3.69. The first-order chi connectivity index (χ1) is 11.8. The van der Waals surface area contributed by atoms with Crippen molar-refractivity contribution in [3.63, 3.8) is 0 Å². The number of rotatable bonds is 4. The van der Waals surface area contributed by atoms with Crippen LogP contribution in [0, 0.1) is 0 Å². The first-order valence-electron chi connectivity index (χ1n) is 8.04. The Bertz CT molecular complexity index is 901. The molecule has 1 heterocycles. The number of ether oxygens (including phenoxy) is 1. The molecule has 24 heavy (non-hydrogen) atoms. The number of nitrogens with zero attached hydrogens (tertiary/aromatic N) is 1. The highest BCUT2D eigenvalue weighted by atomic mass is 16.5. The van der Waals surface area contributed by atoms with Gasteiger partial charge < -0.3 is 14.6 Å². The lowest BCUT2D eigenvalue weighted by Gasteiger charge is -2.14. The minimum Gasteiger partial charge on any atom is -0.496 e. The van der Waals surface area contributed by atoms with Crippen LogP contribution in [0.15, 0.2) is 47.0 Å². The number of benzene rings is 2. The number of hydrogen-bond donors (Lipinski definition) is 1. The summed E-state index contributed by atoms with van der Waals surface area (Å²) in [6.07, 6.45) is 2.02. The van der Waals surface area contributed by atoms with Gasteiger partial charge in [-0.3, -0.25) is 4.79 Å². The Morgan fingerprint density at radius 3 is 3.04 bits per heavy atom. The van der Waals surface area contributed by atoms with Gasteiger partial charge in [0.25, 0.3) is 0 Å². The van der Waals surface area contributed by atoms with Crippen molar-refractivity contribution >= 4 is 16.9 Å². The Morgan fingerprint density at radius 1 is 1.29 bits per heavy atom. The number of hydrogen-bond acceptors (Lipinski definition) is 4. The summed E-state index contributed by atoms with van der Waals surface area (Å²) >= 11 is 0. The summed E-state index contributed by atoms with van der Waals surface area (Å²) in [6, 6.07) is 13.6.